The molecule has 0 atom stereocenters. The van der Waals surface area contributed by atoms with E-state index in [1.807, 2.05) is 79.8 Å². The number of hydrogen-bond donors (Lipinski definition) is 1. The fourth-order valence-electron chi connectivity index (χ4n) is 6.24. The van der Waals surface area contributed by atoms with Gasteiger partial charge in [0.15, 0.2) is 5.60 Å². The first kappa shape index (κ1) is 25.0. The maximum Gasteiger partial charge on any atom is 0.342 e. The third-order valence-electron chi connectivity index (χ3n) is 8.25. The molecule has 2 aliphatic heterocycles. The fourth-order valence-corrected chi connectivity index (χ4v) is 6.24. The molecule has 0 unspecified atom stereocenters. The molecule has 5 heteroatoms. The van der Waals surface area contributed by atoms with Gasteiger partial charge >= 0.3 is 5.97 Å². The lowest BCUT2D eigenvalue weighted by atomic mass is 9.76. The Kier molecular flexibility index (Phi) is 5.82. The summed E-state index contributed by atoms with van der Waals surface area (Å²) in [5.41, 5.74) is 7.76. The normalized spacial score (nSPS) is 14.0. The molecule has 202 valence electrons. The van der Waals surface area contributed by atoms with Gasteiger partial charge in [-0.3, -0.25) is 0 Å². The number of rotatable bonds is 5. The number of para-hydroxylation sites is 3. The van der Waals surface area contributed by atoms with Crippen LogP contribution in [-0.4, -0.2) is 13.0 Å². The lowest BCUT2D eigenvalue weighted by Gasteiger charge is -2.38. The van der Waals surface area contributed by atoms with Gasteiger partial charge in [-0.2, -0.15) is 0 Å². The Hall–Kier alpha value is -5.03. The fraction of sp³-hybridized carbons (Fsp3) is 0.139. The molecule has 0 saturated carbocycles. The summed E-state index contributed by atoms with van der Waals surface area (Å²) >= 11 is 0. The standard InChI is InChI=1S/C36H30N2O3/c1-4-24-18-19-25(22-23(24)2)37-29-20-21-30(38(3)26-12-6-5-7-13-26)34-33(29)35(39)41-36(34)27-14-8-10-16-31(27)40-32-17-11-9-15-28(32)36/h5-22,37H,4H2,1-3H3. The number of benzene rings is 5. The minimum Gasteiger partial charge on any atom is -0.456 e. The zero-order valence-corrected chi connectivity index (χ0v) is 23.3. The minimum absolute atomic E-state index is 0.376. The number of hydrogen-bond acceptors (Lipinski definition) is 5. The van der Waals surface area contributed by atoms with E-state index in [9.17, 15) is 4.79 Å². The summed E-state index contributed by atoms with van der Waals surface area (Å²) in [6.45, 7) is 4.27. The second-order valence-electron chi connectivity index (χ2n) is 10.6. The van der Waals surface area contributed by atoms with Crippen LogP contribution in [0.25, 0.3) is 0 Å². The highest BCUT2D eigenvalue weighted by molar-refractivity contribution is 6.05. The first-order chi connectivity index (χ1) is 20.0. The van der Waals surface area contributed by atoms with Crippen molar-refractivity contribution in [3.05, 3.63) is 143 Å². The van der Waals surface area contributed by atoms with E-state index in [0.717, 1.165) is 40.2 Å². The zero-order chi connectivity index (χ0) is 28.1. The predicted octanol–water partition coefficient (Wildman–Crippen LogP) is 8.64. The highest BCUT2D eigenvalue weighted by Gasteiger charge is 2.56. The van der Waals surface area contributed by atoms with E-state index < -0.39 is 5.60 Å². The molecule has 0 aromatic heterocycles. The average molecular weight is 539 g/mol. The maximum atomic E-state index is 14.1. The monoisotopic (exact) mass is 538 g/mol. The van der Waals surface area contributed by atoms with E-state index in [1.54, 1.807) is 0 Å². The van der Waals surface area contributed by atoms with Crippen LogP contribution in [0.2, 0.25) is 0 Å². The van der Waals surface area contributed by atoms with E-state index in [4.69, 9.17) is 9.47 Å². The summed E-state index contributed by atoms with van der Waals surface area (Å²) in [6, 6.07) is 36.2. The third kappa shape index (κ3) is 3.80. The number of nitrogens with zero attached hydrogens (tertiary/aromatic N) is 1. The van der Waals surface area contributed by atoms with Crippen LogP contribution in [0.3, 0.4) is 0 Å². The van der Waals surface area contributed by atoms with Crippen molar-refractivity contribution in [2.75, 3.05) is 17.3 Å². The van der Waals surface area contributed by atoms with Gasteiger partial charge in [-0.05, 0) is 73.0 Å². The van der Waals surface area contributed by atoms with Gasteiger partial charge in [0.05, 0.1) is 11.3 Å². The molecule has 0 aliphatic carbocycles. The highest BCUT2D eigenvalue weighted by atomic mass is 16.6. The quantitative estimate of drug-likeness (QED) is 0.227. The van der Waals surface area contributed by atoms with E-state index in [0.29, 0.717) is 22.7 Å². The van der Waals surface area contributed by atoms with Gasteiger partial charge < -0.3 is 19.7 Å². The Morgan fingerprint density at radius 1 is 0.805 bits per heavy atom. The number of aryl methyl sites for hydroxylation is 2. The molecule has 5 aromatic rings. The summed E-state index contributed by atoms with van der Waals surface area (Å²) in [5, 5.41) is 3.55. The van der Waals surface area contributed by atoms with Crippen LogP contribution in [0.5, 0.6) is 11.5 Å². The Labute approximate surface area is 240 Å². The predicted molar refractivity (Wildman–Crippen MR) is 163 cm³/mol. The second kappa shape index (κ2) is 9.56. The van der Waals surface area contributed by atoms with Gasteiger partial charge in [0.25, 0.3) is 0 Å². The van der Waals surface area contributed by atoms with Crippen molar-refractivity contribution < 1.29 is 14.3 Å². The van der Waals surface area contributed by atoms with E-state index in [2.05, 4.69) is 60.5 Å². The molecular weight excluding hydrogens is 508 g/mol. The van der Waals surface area contributed by atoms with Crippen molar-refractivity contribution in [2.45, 2.75) is 25.9 Å². The van der Waals surface area contributed by atoms with Crippen molar-refractivity contribution in [1.82, 2.24) is 0 Å². The van der Waals surface area contributed by atoms with Crippen molar-refractivity contribution in [3.8, 4) is 11.5 Å². The molecule has 2 aliphatic rings. The van der Waals surface area contributed by atoms with Crippen molar-refractivity contribution in [3.63, 3.8) is 0 Å². The molecule has 0 radical (unpaired) electrons. The topological polar surface area (TPSA) is 50.8 Å². The van der Waals surface area contributed by atoms with Crippen LogP contribution in [0, 0.1) is 6.92 Å². The van der Waals surface area contributed by atoms with Crippen LogP contribution in [0.15, 0.2) is 109 Å². The summed E-state index contributed by atoms with van der Waals surface area (Å²) in [7, 11) is 2.03. The van der Waals surface area contributed by atoms with Crippen LogP contribution in [0.4, 0.5) is 22.7 Å². The molecular formula is C36H30N2O3. The number of carbonyl (C=O) groups excluding carboxylic acids is 1. The van der Waals surface area contributed by atoms with Gasteiger partial charge in [0, 0.05) is 40.8 Å². The van der Waals surface area contributed by atoms with E-state index in [-0.39, 0.29) is 5.97 Å². The molecule has 5 aromatic carbocycles. The maximum absolute atomic E-state index is 14.1. The van der Waals surface area contributed by atoms with Crippen LogP contribution in [-0.2, 0) is 16.8 Å². The SMILES string of the molecule is CCc1ccc(Nc2ccc(N(C)c3ccccc3)c3c2C(=O)OC32c3ccccc3Oc3ccccc32)cc1C. The van der Waals surface area contributed by atoms with Crippen molar-refractivity contribution in [1.29, 1.82) is 0 Å². The van der Waals surface area contributed by atoms with E-state index >= 15 is 0 Å². The molecule has 0 fully saturated rings. The number of ether oxygens (including phenoxy) is 2. The average Bonchev–Trinajstić information content (AvgIpc) is 3.31. The number of carbonyl (C=O) groups is 1. The summed E-state index contributed by atoms with van der Waals surface area (Å²) in [6.07, 6.45) is 0.970. The highest BCUT2D eigenvalue weighted by Crippen LogP contribution is 2.59. The summed E-state index contributed by atoms with van der Waals surface area (Å²) < 4.78 is 12.9. The number of esters is 1. The lowest BCUT2D eigenvalue weighted by molar-refractivity contribution is 0.0226. The Morgan fingerprint density at radius 2 is 1.46 bits per heavy atom. The van der Waals surface area contributed by atoms with Crippen LogP contribution < -0.4 is 15.0 Å². The summed E-state index contributed by atoms with van der Waals surface area (Å²) in [5.74, 6) is 0.966. The number of anilines is 4. The van der Waals surface area contributed by atoms with E-state index in [1.165, 1.54) is 11.1 Å². The van der Waals surface area contributed by atoms with Crippen LogP contribution >= 0.6 is 0 Å². The van der Waals surface area contributed by atoms with Gasteiger partial charge in [0.2, 0.25) is 0 Å². The second-order valence-corrected chi connectivity index (χ2v) is 10.6. The first-order valence-electron chi connectivity index (χ1n) is 13.9. The Bertz CT molecular complexity index is 1770. The number of nitrogens with one attached hydrogen (secondary N) is 1. The van der Waals surface area contributed by atoms with Crippen molar-refractivity contribution >= 4 is 28.7 Å². The Balaban J connectivity index is 1.51. The molecule has 41 heavy (non-hydrogen) atoms. The van der Waals surface area contributed by atoms with Crippen molar-refractivity contribution in [2.24, 2.45) is 0 Å². The summed E-state index contributed by atoms with van der Waals surface area (Å²) in [4.78, 5) is 16.2. The molecule has 0 amide bonds. The van der Waals surface area contributed by atoms with Crippen LogP contribution in [0.1, 0.15) is 45.1 Å². The molecule has 1 spiro atoms. The molecule has 7 rings (SSSR count). The molecule has 1 N–H and O–H groups in total. The Morgan fingerprint density at radius 3 is 2.12 bits per heavy atom. The largest absolute Gasteiger partial charge is 0.456 e. The van der Waals surface area contributed by atoms with Gasteiger partial charge in [-0.15, -0.1) is 0 Å². The molecule has 0 saturated heterocycles. The minimum atomic E-state index is -1.18. The zero-order valence-electron chi connectivity index (χ0n) is 23.3. The molecule has 2 heterocycles. The van der Waals surface area contributed by atoms with Gasteiger partial charge in [0.1, 0.15) is 11.5 Å². The molecule has 0 bridgehead atoms. The smallest absolute Gasteiger partial charge is 0.342 e. The van der Waals surface area contributed by atoms with Gasteiger partial charge in [-0.1, -0.05) is 67.6 Å². The third-order valence-corrected chi connectivity index (χ3v) is 8.25. The van der Waals surface area contributed by atoms with Gasteiger partial charge in [-0.25, -0.2) is 4.79 Å². The first-order valence-corrected chi connectivity index (χ1v) is 13.9. The number of fused-ring (bicyclic) bond motifs is 6. The lowest BCUT2D eigenvalue weighted by Crippen LogP contribution is -2.34. The molecule has 5 nitrogen and oxygen atoms in total.